The lowest BCUT2D eigenvalue weighted by Gasteiger charge is -2.21. The Labute approximate surface area is 161 Å². The fourth-order valence-electron chi connectivity index (χ4n) is 3.12. The molecule has 6 nitrogen and oxygen atoms in total. The number of imidazole rings is 1. The third-order valence-electron chi connectivity index (χ3n) is 4.67. The van der Waals surface area contributed by atoms with E-state index in [1.54, 1.807) is 35.5 Å². The van der Waals surface area contributed by atoms with Crippen molar-refractivity contribution in [3.05, 3.63) is 78.6 Å². The van der Waals surface area contributed by atoms with Crippen LogP contribution in [0.15, 0.2) is 67.3 Å². The van der Waals surface area contributed by atoms with Crippen LogP contribution >= 0.6 is 0 Å². The lowest BCUT2D eigenvalue weighted by molar-refractivity contribution is 0.0757. The molecule has 28 heavy (non-hydrogen) atoms. The van der Waals surface area contributed by atoms with Gasteiger partial charge in [0.1, 0.15) is 11.5 Å². The summed E-state index contributed by atoms with van der Waals surface area (Å²) in [5, 5.41) is 4.18. The lowest BCUT2D eigenvalue weighted by atomic mass is 10.2. The second kappa shape index (κ2) is 7.64. The van der Waals surface area contributed by atoms with Crippen LogP contribution in [0.5, 0.6) is 0 Å². The summed E-state index contributed by atoms with van der Waals surface area (Å²) in [6.07, 6.45) is 7.24. The van der Waals surface area contributed by atoms with Crippen LogP contribution in [0.2, 0.25) is 0 Å². The van der Waals surface area contributed by atoms with Crippen LogP contribution in [-0.2, 0) is 6.54 Å². The second-order valence-electron chi connectivity index (χ2n) is 6.47. The van der Waals surface area contributed by atoms with E-state index in [1.807, 2.05) is 40.5 Å². The maximum Gasteiger partial charge on any atom is 0.255 e. The number of hydrogen-bond acceptors (Lipinski definition) is 3. The van der Waals surface area contributed by atoms with Gasteiger partial charge in [0.05, 0.1) is 17.8 Å². The minimum absolute atomic E-state index is 0.0337. The smallest absolute Gasteiger partial charge is 0.255 e. The monoisotopic (exact) mass is 377 g/mol. The Kier molecular flexibility index (Phi) is 4.89. The third-order valence-corrected chi connectivity index (χ3v) is 4.67. The maximum atomic E-state index is 13.1. The SMILES string of the molecule is CCN(CCn1cccn1)C(=O)c1ccc2nc(-c3ccc(F)cc3)cn2c1. The van der Waals surface area contributed by atoms with E-state index in [1.165, 1.54) is 12.1 Å². The standard InChI is InChI=1S/C21H20FN5O/c1-2-25(12-13-27-11-3-10-23-27)21(28)17-6-9-20-24-19(15-26(20)14-17)16-4-7-18(22)8-5-16/h3-11,14-15H,2,12-13H2,1H3. The molecule has 0 fully saturated rings. The molecule has 0 saturated carbocycles. The van der Waals surface area contributed by atoms with Crippen LogP contribution in [0.25, 0.3) is 16.9 Å². The number of carbonyl (C=O) groups is 1. The second-order valence-corrected chi connectivity index (χ2v) is 6.47. The van der Waals surface area contributed by atoms with Crippen molar-refractivity contribution in [3.8, 4) is 11.3 Å². The van der Waals surface area contributed by atoms with Crippen LogP contribution in [0.1, 0.15) is 17.3 Å². The first kappa shape index (κ1) is 17.9. The van der Waals surface area contributed by atoms with Crippen molar-refractivity contribution in [2.75, 3.05) is 13.1 Å². The number of fused-ring (bicyclic) bond motifs is 1. The number of aromatic nitrogens is 4. The Hall–Kier alpha value is -3.48. The molecule has 4 rings (SSSR count). The number of carbonyl (C=O) groups excluding carboxylic acids is 1. The van der Waals surface area contributed by atoms with E-state index < -0.39 is 0 Å². The average Bonchev–Trinajstić information content (AvgIpc) is 3.37. The maximum absolute atomic E-state index is 13.1. The molecule has 0 atom stereocenters. The van der Waals surface area contributed by atoms with Crippen molar-refractivity contribution in [1.29, 1.82) is 0 Å². The molecule has 0 aliphatic carbocycles. The molecule has 0 spiro atoms. The highest BCUT2D eigenvalue weighted by atomic mass is 19.1. The fraction of sp³-hybridized carbons (Fsp3) is 0.190. The third kappa shape index (κ3) is 3.64. The van der Waals surface area contributed by atoms with E-state index in [9.17, 15) is 9.18 Å². The zero-order valence-electron chi connectivity index (χ0n) is 15.5. The van der Waals surface area contributed by atoms with Gasteiger partial charge in [-0.25, -0.2) is 9.37 Å². The van der Waals surface area contributed by atoms with E-state index in [-0.39, 0.29) is 11.7 Å². The summed E-state index contributed by atoms with van der Waals surface area (Å²) >= 11 is 0. The van der Waals surface area contributed by atoms with Crippen molar-refractivity contribution in [2.45, 2.75) is 13.5 Å². The van der Waals surface area contributed by atoms with Crippen molar-refractivity contribution in [3.63, 3.8) is 0 Å². The van der Waals surface area contributed by atoms with Crippen LogP contribution in [0.4, 0.5) is 4.39 Å². The van der Waals surface area contributed by atoms with Crippen LogP contribution in [0.3, 0.4) is 0 Å². The van der Waals surface area contributed by atoms with Crippen molar-refractivity contribution < 1.29 is 9.18 Å². The molecule has 3 aromatic heterocycles. The summed E-state index contributed by atoms with van der Waals surface area (Å²) in [5.41, 5.74) is 2.89. The topological polar surface area (TPSA) is 55.4 Å². The molecule has 4 aromatic rings. The molecule has 3 heterocycles. The average molecular weight is 377 g/mol. The fourth-order valence-corrected chi connectivity index (χ4v) is 3.12. The normalized spacial score (nSPS) is 11.1. The van der Waals surface area contributed by atoms with Gasteiger partial charge in [-0.2, -0.15) is 5.10 Å². The predicted octanol–water partition coefficient (Wildman–Crippen LogP) is 3.50. The van der Waals surface area contributed by atoms with Gasteiger partial charge in [-0.1, -0.05) is 0 Å². The Bertz CT molecular complexity index is 1090. The molecule has 7 heteroatoms. The molecule has 142 valence electrons. The summed E-state index contributed by atoms with van der Waals surface area (Å²) in [6.45, 7) is 3.81. The molecular weight excluding hydrogens is 357 g/mol. The number of nitrogens with zero attached hydrogens (tertiary/aromatic N) is 5. The van der Waals surface area contributed by atoms with Crippen molar-refractivity contribution >= 4 is 11.6 Å². The molecule has 0 aliphatic heterocycles. The van der Waals surface area contributed by atoms with Gasteiger partial charge in [0, 0.05) is 43.4 Å². The number of halogens is 1. The first-order valence-electron chi connectivity index (χ1n) is 9.15. The van der Waals surface area contributed by atoms with Gasteiger partial charge in [-0.3, -0.25) is 9.48 Å². The Morgan fingerprint density at radius 3 is 2.68 bits per heavy atom. The number of likely N-dealkylation sites (N-methyl/N-ethyl adjacent to an activating group) is 1. The van der Waals surface area contributed by atoms with Gasteiger partial charge in [0.2, 0.25) is 0 Å². The van der Waals surface area contributed by atoms with E-state index in [0.29, 0.717) is 25.2 Å². The minimum Gasteiger partial charge on any atom is -0.337 e. The van der Waals surface area contributed by atoms with E-state index >= 15 is 0 Å². The molecule has 0 radical (unpaired) electrons. The van der Waals surface area contributed by atoms with Gasteiger partial charge < -0.3 is 9.30 Å². The van der Waals surface area contributed by atoms with Crippen LogP contribution < -0.4 is 0 Å². The summed E-state index contributed by atoms with van der Waals surface area (Å²) in [5.74, 6) is -0.316. The highest BCUT2D eigenvalue weighted by molar-refractivity contribution is 5.94. The number of benzene rings is 1. The number of pyridine rings is 1. The summed E-state index contributed by atoms with van der Waals surface area (Å²) in [7, 11) is 0. The molecule has 0 unspecified atom stereocenters. The first-order chi connectivity index (χ1) is 13.6. The highest BCUT2D eigenvalue weighted by Gasteiger charge is 2.15. The van der Waals surface area contributed by atoms with Gasteiger partial charge >= 0.3 is 0 Å². The highest BCUT2D eigenvalue weighted by Crippen LogP contribution is 2.20. The zero-order valence-corrected chi connectivity index (χ0v) is 15.5. The molecule has 0 bridgehead atoms. The Balaban J connectivity index is 1.55. The van der Waals surface area contributed by atoms with Crippen molar-refractivity contribution in [2.24, 2.45) is 0 Å². The number of hydrogen-bond donors (Lipinski definition) is 0. The molecule has 1 amide bonds. The Morgan fingerprint density at radius 2 is 1.96 bits per heavy atom. The van der Waals surface area contributed by atoms with Crippen molar-refractivity contribution in [1.82, 2.24) is 24.1 Å². The Morgan fingerprint density at radius 1 is 1.14 bits per heavy atom. The first-order valence-corrected chi connectivity index (χ1v) is 9.15. The minimum atomic E-state index is -0.282. The number of rotatable bonds is 6. The summed E-state index contributed by atoms with van der Waals surface area (Å²) < 4.78 is 16.8. The van der Waals surface area contributed by atoms with Gasteiger partial charge in [0.25, 0.3) is 5.91 Å². The van der Waals surface area contributed by atoms with Gasteiger partial charge in [-0.05, 0) is 49.4 Å². The quantitative estimate of drug-likeness (QED) is 0.517. The van der Waals surface area contributed by atoms with Gasteiger partial charge in [-0.15, -0.1) is 0 Å². The van der Waals surface area contributed by atoms with E-state index in [4.69, 9.17) is 0 Å². The van der Waals surface area contributed by atoms with Crippen LogP contribution in [0, 0.1) is 5.82 Å². The molecule has 0 saturated heterocycles. The largest absolute Gasteiger partial charge is 0.337 e. The lowest BCUT2D eigenvalue weighted by Crippen LogP contribution is -2.34. The zero-order chi connectivity index (χ0) is 19.5. The summed E-state index contributed by atoms with van der Waals surface area (Å²) in [6, 6.07) is 11.7. The molecular formula is C21H20FN5O. The van der Waals surface area contributed by atoms with Crippen LogP contribution in [-0.4, -0.2) is 43.1 Å². The molecule has 0 aliphatic rings. The summed E-state index contributed by atoms with van der Waals surface area (Å²) in [4.78, 5) is 19.3. The molecule has 1 aromatic carbocycles. The predicted molar refractivity (Wildman–Crippen MR) is 104 cm³/mol. The number of amides is 1. The van der Waals surface area contributed by atoms with E-state index in [0.717, 1.165) is 16.9 Å². The molecule has 0 N–H and O–H groups in total. The van der Waals surface area contributed by atoms with E-state index in [2.05, 4.69) is 10.1 Å². The van der Waals surface area contributed by atoms with Gasteiger partial charge in [0.15, 0.2) is 0 Å².